The minimum absolute atomic E-state index is 0.137. The van der Waals surface area contributed by atoms with E-state index in [0.29, 0.717) is 53.7 Å². The molecule has 0 bridgehead atoms. The van der Waals surface area contributed by atoms with Crippen LogP contribution in [0.2, 0.25) is 0 Å². The van der Waals surface area contributed by atoms with Gasteiger partial charge >= 0.3 is 12.2 Å². The number of hydrogen-bond acceptors (Lipinski definition) is 9. The van der Waals surface area contributed by atoms with Gasteiger partial charge in [-0.15, -0.1) is 0 Å². The summed E-state index contributed by atoms with van der Waals surface area (Å²) in [5.74, 6) is 1.16. The highest BCUT2D eigenvalue weighted by atomic mass is 16.5. The summed E-state index contributed by atoms with van der Waals surface area (Å²) >= 11 is 0. The third-order valence-corrected chi connectivity index (χ3v) is 11.1. The van der Waals surface area contributed by atoms with Gasteiger partial charge in [0, 0.05) is 41.0 Å². The number of likely N-dealkylation sites (tertiary alicyclic amines) is 2. The van der Waals surface area contributed by atoms with E-state index in [1.54, 1.807) is 16.0 Å². The van der Waals surface area contributed by atoms with E-state index >= 15 is 0 Å². The first-order chi connectivity index (χ1) is 26.9. The molecular formula is C40H45N9O7. The second kappa shape index (κ2) is 14.5. The van der Waals surface area contributed by atoms with Gasteiger partial charge in [-0.05, 0) is 61.8 Å². The summed E-state index contributed by atoms with van der Waals surface area (Å²) in [5, 5.41) is 17.1. The third-order valence-electron chi connectivity index (χ3n) is 11.1. The van der Waals surface area contributed by atoms with Crippen molar-refractivity contribution < 1.29 is 33.4 Å². The van der Waals surface area contributed by atoms with E-state index in [0.717, 1.165) is 52.0 Å². The number of nitrogens with one attached hydrogen (secondary N) is 4. The molecule has 0 aliphatic carbocycles. The Labute approximate surface area is 321 Å². The highest BCUT2D eigenvalue weighted by molar-refractivity contribution is 6.05. The second-order valence-corrected chi connectivity index (χ2v) is 15.4. The molecule has 8 rings (SSSR count). The smallest absolute Gasteiger partial charge is 0.407 e. The zero-order chi connectivity index (χ0) is 39.4. The molecule has 2 saturated heterocycles. The molecule has 292 valence electrons. The van der Waals surface area contributed by atoms with Crippen molar-refractivity contribution in [1.82, 2.24) is 45.4 Å². The zero-order valence-corrected chi connectivity index (χ0v) is 31.9. The minimum atomic E-state index is -1.23. The number of benzene rings is 2. The summed E-state index contributed by atoms with van der Waals surface area (Å²) in [6.45, 7) is 8.49. The van der Waals surface area contributed by atoms with E-state index in [4.69, 9.17) is 19.1 Å². The van der Waals surface area contributed by atoms with E-state index < -0.39 is 24.3 Å². The van der Waals surface area contributed by atoms with Crippen molar-refractivity contribution >= 4 is 67.9 Å². The van der Waals surface area contributed by atoms with Crippen molar-refractivity contribution in [2.75, 3.05) is 20.2 Å². The maximum Gasteiger partial charge on any atom is 0.407 e. The van der Waals surface area contributed by atoms with E-state index in [1.807, 2.05) is 64.1 Å². The number of carbonyl (C=O) groups excluding carboxylic acids is 3. The molecule has 16 heteroatoms. The first-order valence-electron chi connectivity index (χ1n) is 19.1. The molecule has 6 aromatic rings. The number of alkyl carbamates (subject to hydrolysis) is 1. The number of pyridine rings is 1. The molecule has 4 amide bonds. The summed E-state index contributed by atoms with van der Waals surface area (Å²) in [6.07, 6.45) is 2.92. The van der Waals surface area contributed by atoms with Gasteiger partial charge in [-0.3, -0.25) is 9.59 Å². The lowest BCUT2D eigenvalue weighted by Gasteiger charge is -2.29. The van der Waals surface area contributed by atoms with Gasteiger partial charge in [0.05, 0.1) is 30.2 Å². The van der Waals surface area contributed by atoms with Gasteiger partial charge in [-0.2, -0.15) is 0 Å². The van der Waals surface area contributed by atoms with E-state index in [2.05, 4.69) is 25.6 Å². The maximum absolute atomic E-state index is 13.7. The Morgan fingerprint density at radius 2 is 1.52 bits per heavy atom. The molecule has 5 N–H and O–H groups in total. The molecule has 2 fully saturated rings. The van der Waals surface area contributed by atoms with Crippen LogP contribution < -0.4 is 10.6 Å². The van der Waals surface area contributed by atoms with Crippen molar-refractivity contribution in [3.63, 3.8) is 0 Å². The van der Waals surface area contributed by atoms with Crippen LogP contribution in [-0.4, -0.2) is 96.1 Å². The number of methoxy groups -OCH3 is 1. The predicted molar refractivity (Wildman–Crippen MR) is 208 cm³/mol. The van der Waals surface area contributed by atoms with Crippen LogP contribution in [0.15, 0.2) is 47.0 Å². The number of ether oxygens (including phenoxy) is 1. The maximum atomic E-state index is 13.7. The number of rotatable bonds is 9. The van der Waals surface area contributed by atoms with E-state index in [1.165, 1.54) is 7.11 Å². The number of imidazole rings is 2. The quantitative estimate of drug-likeness (QED) is 0.109. The Bertz CT molecular complexity index is 2500. The van der Waals surface area contributed by atoms with Crippen LogP contribution in [-0.2, 0) is 14.3 Å². The highest BCUT2D eigenvalue weighted by Crippen LogP contribution is 2.38. The molecule has 6 heterocycles. The van der Waals surface area contributed by atoms with E-state index in [-0.39, 0.29) is 35.7 Å². The van der Waals surface area contributed by atoms with E-state index in [9.17, 15) is 24.3 Å². The van der Waals surface area contributed by atoms with Crippen LogP contribution in [0.3, 0.4) is 0 Å². The zero-order valence-electron chi connectivity index (χ0n) is 31.9. The number of H-pyrrole nitrogens is 2. The highest BCUT2D eigenvalue weighted by Gasteiger charge is 2.39. The van der Waals surface area contributed by atoms with Gasteiger partial charge in [0.15, 0.2) is 11.2 Å². The minimum Gasteiger partial charge on any atom is -0.465 e. The molecule has 56 heavy (non-hydrogen) atoms. The molecule has 2 aromatic carbocycles. The Balaban J connectivity index is 1.07. The van der Waals surface area contributed by atoms with Crippen LogP contribution in [0.25, 0.3) is 55.3 Å². The lowest BCUT2D eigenvalue weighted by atomic mass is 10.0. The largest absolute Gasteiger partial charge is 0.465 e. The number of amides is 4. The molecule has 16 nitrogen and oxygen atoms in total. The van der Waals surface area contributed by atoms with Crippen LogP contribution in [0.5, 0.6) is 0 Å². The van der Waals surface area contributed by atoms with Gasteiger partial charge in [0.2, 0.25) is 11.8 Å². The molecule has 2 aliphatic rings. The number of carboxylic acid groups (broad SMARTS) is 1. The lowest BCUT2D eigenvalue weighted by Crippen LogP contribution is -2.51. The third kappa shape index (κ3) is 6.51. The predicted octanol–water partition coefficient (Wildman–Crippen LogP) is 6.40. The number of fused-ring (bicyclic) bond motifs is 6. The number of aromatic amines is 2. The first kappa shape index (κ1) is 36.8. The number of nitrogens with zero attached hydrogens (tertiary/aromatic N) is 5. The van der Waals surface area contributed by atoms with Crippen molar-refractivity contribution in [1.29, 1.82) is 0 Å². The Kier molecular flexibility index (Phi) is 9.50. The molecule has 0 radical (unpaired) electrons. The van der Waals surface area contributed by atoms with Crippen molar-refractivity contribution in [3.05, 3.63) is 54.2 Å². The monoisotopic (exact) mass is 763 g/mol. The molecular weight excluding hydrogens is 718 g/mol. The van der Waals surface area contributed by atoms with Gasteiger partial charge < -0.3 is 44.7 Å². The van der Waals surface area contributed by atoms with Crippen LogP contribution in [0.4, 0.5) is 9.59 Å². The standard InChI is InChI=1S/C40H45N9O7/c1-19(2)29(45-39(52)53)37(50)49-15-7-9-27(49)35-43-31-24-12-10-21(16-23(24)18-41-36(31)47-35)28-17-22-11-13-25-32(33(22)56-28)44-34(42-25)26-8-6-14-48(26)38(51)30(20(3)4)46-40(54)55-5/h10-13,16-20,26-27,29-30,45H,6-9,14-15H2,1-5H3,(H,42,44)(H,46,54)(H,52,53)(H,41,43,47)/t26-,27-,29-,30-/m0/s1. The molecule has 0 unspecified atom stereocenters. The molecule has 2 aliphatic heterocycles. The SMILES string of the molecule is COC(=O)N[C@H](C(=O)N1CCC[C@H]1c1nc2c(ccc3cc(-c4ccc5c(cnc6nc([C@@H]7CCCN7C(=O)[C@@H](NC(=O)O)C(C)C)[nH]c65)c4)oc32)[nH]1)C(C)C. The van der Waals surface area contributed by atoms with Gasteiger partial charge in [-0.1, -0.05) is 39.8 Å². The number of hydrogen-bond donors (Lipinski definition) is 5. The fraction of sp³-hybridized carbons (Fsp3) is 0.425. The fourth-order valence-electron chi connectivity index (χ4n) is 8.22. The Morgan fingerprint density at radius 1 is 0.857 bits per heavy atom. The number of furan rings is 1. The average Bonchev–Trinajstić information content (AvgIpc) is 4.02. The summed E-state index contributed by atoms with van der Waals surface area (Å²) in [6, 6.07) is 9.74. The lowest BCUT2D eigenvalue weighted by molar-refractivity contribution is -0.136. The van der Waals surface area contributed by atoms with Crippen LogP contribution in [0, 0.1) is 11.8 Å². The second-order valence-electron chi connectivity index (χ2n) is 15.4. The van der Waals surface area contributed by atoms with Crippen LogP contribution >= 0.6 is 0 Å². The summed E-state index contributed by atoms with van der Waals surface area (Å²) in [5.41, 5.74) is 4.23. The molecule has 0 saturated carbocycles. The van der Waals surface area contributed by atoms with Crippen LogP contribution in [0.1, 0.15) is 77.1 Å². The fourth-order valence-corrected chi connectivity index (χ4v) is 8.22. The average molecular weight is 764 g/mol. The topological polar surface area (TPSA) is 212 Å². The molecule has 4 atom stereocenters. The van der Waals surface area contributed by atoms with Crippen molar-refractivity contribution in [2.45, 2.75) is 77.5 Å². The summed E-state index contributed by atoms with van der Waals surface area (Å²) in [7, 11) is 1.28. The van der Waals surface area contributed by atoms with Gasteiger partial charge in [-0.25, -0.2) is 24.5 Å². The summed E-state index contributed by atoms with van der Waals surface area (Å²) < 4.78 is 11.3. The number of aromatic nitrogens is 5. The molecule has 4 aromatic heterocycles. The van der Waals surface area contributed by atoms with Gasteiger partial charge in [0.25, 0.3) is 0 Å². The summed E-state index contributed by atoms with van der Waals surface area (Å²) in [4.78, 5) is 75.5. The Hall–Kier alpha value is -6.19. The molecule has 0 spiro atoms. The number of carbonyl (C=O) groups is 4. The van der Waals surface area contributed by atoms with Crippen molar-refractivity contribution in [2.24, 2.45) is 11.8 Å². The first-order valence-corrected chi connectivity index (χ1v) is 19.1. The Morgan fingerprint density at radius 3 is 2.16 bits per heavy atom. The van der Waals surface area contributed by atoms with Crippen molar-refractivity contribution in [3.8, 4) is 11.3 Å². The van der Waals surface area contributed by atoms with Gasteiger partial charge in [0.1, 0.15) is 35.0 Å². The normalized spacial score (nSPS) is 18.5.